The molecule has 4 nitrogen and oxygen atoms in total. The Balaban J connectivity index is 1.59. The first-order valence-electron chi connectivity index (χ1n) is 7.54. The maximum absolute atomic E-state index is 12.3. The van der Waals surface area contributed by atoms with Crippen LogP contribution in [0.5, 0.6) is 5.75 Å². The van der Waals surface area contributed by atoms with Gasteiger partial charge in [0.1, 0.15) is 12.4 Å². The predicted octanol–water partition coefficient (Wildman–Crippen LogP) is 2.44. The maximum Gasteiger partial charge on any atom is 0.253 e. The second-order valence-corrected chi connectivity index (χ2v) is 5.60. The van der Waals surface area contributed by atoms with Crippen LogP contribution in [0.1, 0.15) is 22.3 Å². The summed E-state index contributed by atoms with van der Waals surface area (Å²) in [4.78, 5) is 14.1. The summed E-state index contributed by atoms with van der Waals surface area (Å²) in [6.07, 6.45) is 0.879. The lowest BCUT2D eigenvalue weighted by molar-refractivity contribution is 0.0791. The van der Waals surface area contributed by atoms with Gasteiger partial charge in [-0.15, -0.1) is 0 Å². The highest BCUT2D eigenvalue weighted by Crippen LogP contribution is 2.17. The van der Waals surface area contributed by atoms with E-state index in [9.17, 15) is 4.79 Å². The third-order valence-electron chi connectivity index (χ3n) is 3.86. The van der Waals surface area contributed by atoms with E-state index in [2.05, 4.69) is 0 Å². The Labute approximate surface area is 130 Å². The van der Waals surface area contributed by atoms with Crippen molar-refractivity contribution in [3.8, 4) is 5.75 Å². The Kier molecular flexibility index (Phi) is 4.39. The number of benzene rings is 2. The highest BCUT2D eigenvalue weighted by molar-refractivity contribution is 5.94. The van der Waals surface area contributed by atoms with Gasteiger partial charge in [-0.1, -0.05) is 30.3 Å². The molecule has 0 aliphatic carbocycles. The molecular formula is C18H20N2O2. The molecule has 114 valence electrons. The highest BCUT2D eigenvalue weighted by Gasteiger charge is 2.24. The van der Waals surface area contributed by atoms with Crippen molar-refractivity contribution in [2.45, 2.75) is 19.1 Å². The molecule has 1 saturated heterocycles. The predicted molar refractivity (Wildman–Crippen MR) is 85.7 cm³/mol. The molecule has 0 bridgehead atoms. The summed E-state index contributed by atoms with van der Waals surface area (Å²) < 4.78 is 5.72. The van der Waals surface area contributed by atoms with Crippen LogP contribution in [0, 0.1) is 0 Å². The fourth-order valence-electron chi connectivity index (χ4n) is 2.59. The van der Waals surface area contributed by atoms with Gasteiger partial charge in [0.15, 0.2) is 0 Å². The summed E-state index contributed by atoms with van der Waals surface area (Å²) in [5.74, 6) is 0.807. The number of carbonyl (C=O) groups is 1. The fourth-order valence-corrected chi connectivity index (χ4v) is 2.59. The minimum Gasteiger partial charge on any atom is -0.489 e. The van der Waals surface area contributed by atoms with Gasteiger partial charge in [-0.05, 0) is 36.2 Å². The van der Waals surface area contributed by atoms with Crippen molar-refractivity contribution in [1.82, 2.24) is 4.90 Å². The number of ether oxygens (including phenoxy) is 1. The van der Waals surface area contributed by atoms with Crippen molar-refractivity contribution in [1.29, 1.82) is 0 Å². The van der Waals surface area contributed by atoms with Crippen LogP contribution in [-0.2, 0) is 6.61 Å². The molecule has 22 heavy (non-hydrogen) atoms. The molecule has 1 aliphatic rings. The first-order valence-corrected chi connectivity index (χ1v) is 7.54. The zero-order chi connectivity index (χ0) is 15.4. The Morgan fingerprint density at radius 2 is 1.86 bits per heavy atom. The van der Waals surface area contributed by atoms with E-state index in [4.69, 9.17) is 10.5 Å². The number of rotatable bonds is 4. The van der Waals surface area contributed by atoms with Crippen LogP contribution in [0.4, 0.5) is 0 Å². The number of nitrogens with two attached hydrogens (primary N) is 1. The number of likely N-dealkylation sites (tertiary alicyclic amines) is 1. The molecule has 2 N–H and O–H groups in total. The summed E-state index contributed by atoms with van der Waals surface area (Å²) in [5.41, 5.74) is 7.65. The van der Waals surface area contributed by atoms with Crippen LogP contribution in [0.25, 0.3) is 0 Å². The molecule has 0 saturated carbocycles. The van der Waals surface area contributed by atoms with Crippen LogP contribution < -0.4 is 10.5 Å². The van der Waals surface area contributed by atoms with Gasteiger partial charge in [0.25, 0.3) is 5.91 Å². The quantitative estimate of drug-likeness (QED) is 0.943. The topological polar surface area (TPSA) is 55.6 Å². The van der Waals surface area contributed by atoms with Crippen molar-refractivity contribution < 1.29 is 9.53 Å². The molecular weight excluding hydrogens is 276 g/mol. The number of hydrogen-bond acceptors (Lipinski definition) is 3. The van der Waals surface area contributed by atoms with Crippen LogP contribution in [-0.4, -0.2) is 29.9 Å². The van der Waals surface area contributed by atoms with Gasteiger partial charge < -0.3 is 15.4 Å². The van der Waals surface area contributed by atoms with E-state index < -0.39 is 0 Å². The van der Waals surface area contributed by atoms with Crippen molar-refractivity contribution in [2.24, 2.45) is 5.73 Å². The van der Waals surface area contributed by atoms with Crippen molar-refractivity contribution >= 4 is 5.91 Å². The Hall–Kier alpha value is -2.33. The Morgan fingerprint density at radius 1 is 1.14 bits per heavy atom. The zero-order valence-electron chi connectivity index (χ0n) is 12.4. The highest BCUT2D eigenvalue weighted by atomic mass is 16.5. The Morgan fingerprint density at radius 3 is 2.50 bits per heavy atom. The first kappa shape index (κ1) is 14.6. The molecule has 2 aromatic rings. The molecule has 3 rings (SSSR count). The van der Waals surface area contributed by atoms with Gasteiger partial charge in [-0.2, -0.15) is 0 Å². The third-order valence-corrected chi connectivity index (χ3v) is 3.86. The van der Waals surface area contributed by atoms with Gasteiger partial charge in [-0.25, -0.2) is 0 Å². The molecule has 1 aliphatic heterocycles. The molecule has 0 aromatic heterocycles. The monoisotopic (exact) mass is 296 g/mol. The lowest BCUT2D eigenvalue weighted by Crippen LogP contribution is -2.31. The second kappa shape index (κ2) is 6.62. The van der Waals surface area contributed by atoms with Crippen LogP contribution in [0.15, 0.2) is 54.6 Å². The number of amides is 1. The fraction of sp³-hybridized carbons (Fsp3) is 0.278. The molecule has 1 amide bonds. The smallest absolute Gasteiger partial charge is 0.253 e. The number of carbonyl (C=O) groups excluding carboxylic acids is 1. The van der Waals surface area contributed by atoms with Crippen LogP contribution in [0.3, 0.4) is 0 Å². The van der Waals surface area contributed by atoms with E-state index in [-0.39, 0.29) is 11.9 Å². The number of nitrogens with zero attached hydrogens (tertiary/aromatic N) is 1. The van der Waals surface area contributed by atoms with Crippen molar-refractivity contribution in [3.63, 3.8) is 0 Å². The van der Waals surface area contributed by atoms with Crippen LogP contribution >= 0.6 is 0 Å². The van der Waals surface area contributed by atoms with E-state index in [0.717, 1.165) is 24.3 Å². The van der Waals surface area contributed by atoms with Crippen LogP contribution in [0.2, 0.25) is 0 Å². The van der Waals surface area contributed by atoms with E-state index in [0.29, 0.717) is 18.7 Å². The van der Waals surface area contributed by atoms with Gasteiger partial charge in [0.05, 0.1) is 0 Å². The van der Waals surface area contributed by atoms with Gasteiger partial charge in [0, 0.05) is 24.7 Å². The molecule has 1 fully saturated rings. The zero-order valence-corrected chi connectivity index (χ0v) is 12.4. The van der Waals surface area contributed by atoms with E-state index >= 15 is 0 Å². The van der Waals surface area contributed by atoms with Gasteiger partial charge in [-0.3, -0.25) is 4.79 Å². The summed E-state index contributed by atoms with van der Waals surface area (Å²) in [7, 11) is 0. The largest absolute Gasteiger partial charge is 0.489 e. The summed E-state index contributed by atoms with van der Waals surface area (Å²) in [6, 6.07) is 17.4. The molecule has 1 atom stereocenters. The van der Waals surface area contributed by atoms with Crippen molar-refractivity contribution in [2.75, 3.05) is 13.1 Å². The second-order valence-electron chi connectivity index (χ2n) is 5.60. The molecule has 0 radical (unpaired) electrons. The SMILES string of the molecule is NC1CCN(C(=O)c2ccc(OCc3ccccc3)cc2)C1. The number of hydrogen-bond donors (Lipinski definition) is 1. The first-order chi connectivity index (χ1) is 10.7. The molecule has 1 heterocycles. The Bertz CT molecular complexity index is 625. The average Bonchev–Trinajstić information content (AvgIpc) is 3.00. The van der Waals surface area contributed by atoms with E-state index in [1.54, 1.807) is 0 Å². The summed E-state index contributed by atoms with van der Waals surface area (Å²) >= 11 is 0. The minimum absolute atomic E-state index is 0.0440. The van der Waals surface area contributed by atoms with Gasteiger partial charge in [0.2, 0.25) is 0 Å². The maximum atomic E-state index is 12.3. The van der Waals surface area contributed by atoms with Gasteiger partial charge >= 0.3 is 0 Å². The normalized spacial score (nSPS) is 17.5. The molecule has 4 heteroatoms. The lowest BCUT2D eigenvalue weighted by Gasteiger charge is -2.16. The minimum atomic E-state index is 0.0440. The lowest BCUT2D eigenvalue weighted by atomic mass is 10.2. The van der Waals surface area contributed by atoms with E-state index in [1.807, 2.05) is 59.5 Å². The van der Waals surface area contributed by atoms with E-state index in [1.165, 1.54) is 0 Å². The standard InChI is InChI=1S/C18H20N2O2/c19-16-10-11-20(12-16)18(21)15-6-8-17(9-7-15)22-13-14-4-2-1-3-5-14/h1-9,16H,10-13,19H2. The molecule has 2 aromatic carbocycles. The molecule has 0 spiro atoms. The van der Waals surface area contributed by atoms with Crippen molar-refractivity contribution in [3.05, 3.63) is 65.7 Å². The average molecular weight is 296 g/mol. The summed E-state index contributed by atoms with van der Waals surface area (Å²) in [5, 5.41) is 0. The summed E-state index contributed by atoms with van der Waals surface area (Å²) in [6.45, 7) is 1.91. The third kappa shape index (κ3) is 3.46. The molecule has 1 unspecified atom stereocenters.